The Labute approximate surface area is 109 Å². The molecule has 2 N–H and O–H groups in total. The predicted molar refractivity (Wildman–Crippen MR) is 71.6 cm³/mol. The zero-order chi connectivity index (χ0) is 13.6. The number of nitrogens with two attached hydrogens (primary N) is 1. The number of hydrogen-bond acceptors (Lipinski definition) is 3. The monoisotopic (exact) mass is 259 g/mol. The van der Waals surface area contributed by atoms with Gasteiger partial charge in [-0.2, -0.15) is 5.10 Å². The lowest BCUT2D eigenvalue weighted by molar-refractivity contribution is 0.629. The fraction of sp³-hybridized carbons (Fsp3) is 0.231. The molecule has 0 atom stereocenters. The number of imidazole rings is 1. The Balaban J connectivity index is 2.34. The van der Waals surface area contributed by atoms with Crippen LogP contribution in [0, 0.1) is 5.82 Å². The van der Waals surface area contributed by atoms with Gasteiger partial charge in [-0.05, 0) is 18.6 Å². The van der Waals surface area contributed by atoms with Crippen molar-refractivity contribution in [3.8, 4) is 5.69 Å². The fourth-order valence-electron chi connectivity index (χ4n) is 2.28. The van der Waals surface area contributed by atoms with Crippen molar-refractivity contribution in [2.75, 3.05) is 5.73 Å². The number of nitrogen functional groups attached to an aromatic ring is 1. The van der Waals surface area contributed by atoms with Gasteiger partial charge in [0.05, 0.1) is 22.4 Å². The SMILES string of the molecule is CCc1nn(C)cc1-n1c(N)nc2ccc(F)cc21. The quantitative estimate of drug-likeness (QED) is 0.766. The summed E-state index contributed by atoms with van der Waals surface area (Å²) >= 11 is 0. The van der Waals surface area contributed by atoms with E-state index in [4.69, 9.17) is 5.73 Å². The third kappa shape index (κ3) is 1.76. The second-order valence-electron chi connectivity index (χ2n) is 4.43. The molecule has 0 amide bonds. The van der Waals surface area contributed by atoms with Gasteiger partial charge in [0.2, 0.25) is 5.95 Å². The van der Waals surface area contributed by atoms with Crippen LogP contribution in [0.25, 0.3) is 16.7 Å². The molecule has 2 aromatic heterocycles. The summed E-state index contributed by atoms with van der Waals surface area (Å²) in [6.07, 6.45) is 2.63. The van der Waals surface area contributed by atoms with Crippen LogP contribution in [0.1, 0.15) is 12.6 Å². The van der Waals surface area contributed by atoms with E-state index < -0.39 is 0 Å². The molecule has 0 aliphatic carbocycles. The minimum absolute atomic E-state index is 0.310. The molecule has 19 heavy (non-hydrogen) atoms. The number of nitrogens with zero attached hydrogens (tertiary/aromatic N) is 4. The number of rotatable bonds is 2. The van der Waals surface area contributed by atoms with Crippen LogP contribution in [-0.4, -0.2) is 19.3 Å². The van der Waals surface area contributed by atoms with Gasteiger partial charge in [-0.1, -0.05) is 6.92 Å². The average Bonchev–Trinajstić information content (AvgIpc) is 2.88. The molecule has 0 unspecified atom stereocenters. The third-order valence-electron chi connectivity index (χ3n) is 3.10. The van der Waals surface area contributed by atoms with E-state index in [1.165, 1.54) is 12.1 Å². The molecule has 1 aromatic carbocycles. The van der Waals surface area contributed by atoms with E-state index in [9.17, 15) is 4.39 Å². The molecule has 0 spiro atoms. The molecular weight excluding hydrogens is 245 g/mol. The number of aryl methyl sites for hydroxylation is 2. The molecular formula is C13H14FN5. The first kappa shape index (κ1) is 11.7. The highest BCUT2D eigenvalue weighted by Gasteiger charge is 2.15. The van der Waals surface area contributed by atoms with Gasteiger partial charge < -0.3 is 5.73 Å². The smallest absolute Gasteiger partial charge is 0.206 e. The van der Waals surface area contributed by atoms with Crippen LogP contribution < -0.4 is 5.73 Å². The predicted octanol–water partition coefficient (Wildman–Crippen LogP) is 2.04. The first-order valence-corrected chi connectivity index (χ1v) is 6.06. The van der Waals surface area contributed by atoms with Crippen LogP contribution in [0.3, 0.4) is 0 Å². The summed E-state index contributed by atoms with van der Waals surface area (Å²) in [5, 5.41) is 4.37. The maximum Gasteiger partial charge on any atom is 0.206 e. The van der Waals surface area contributed by atoms with Crippen LogP contribution in [0.5, 0.6) is 0 Å². The maximum absolute atomic E-state index is 13.4. The van der Waals surface area contributed by atoms with Gasteiger partial charge in [-0.3, -0.25) is 9.25 Å². The number of hydrogen-bond donors (Lipinski definition) is 1. The molecule has 5 nitrogen and oxygen atoms in total. The second-order valence-corrected chi connectivity index (χ2v) is 4.43. The Kier molecular flexibility index (Phi) is 2.51. The number of aromatic nitrogens is 4. The van der Waals surface area contributed by atoms with Gasteiger partial charge in [-0.15, -0.1) is 0 Å². The molecule has 0 fully saturated rings. The molecule has 2 heterocycles. The van der Waals surface area contributed by atoms with Crippen molar-refractivity contribution < 1.29 is 4.39 Å². The average molecular weight is 259 g/mol. The standard InChI is InChI=1S/C13H14FN5/c1-3-9-12(7-18(2)17-9)19-11-6-8(14)4-5-10(11)16-13(19)15/h4-7H,3H2,1-2H3,(H2,15,16). The van der Waals surface area contributed by atoms with E-state index in [2.05, 4.69) is 10.1 Å². The van der Waals surface area contributed by atoms with Crippen molar-refractivity contribution in [1.29, 1.82) is 0 Å². The Morgan fingerprint density at radius 2 is 2.16 bits per heavy atom. The van der Waals surface area contributed by atoms with Crippen LogP contribution in [0.4, 0.5) is 10.3 Å². The third-order valence-corrected chi connectivity index (χ3v) is 3.10. The van der Waals surface area contributed by atoms with Gasteiger partial charge in [0.1, 0.15) is 5.82 Å². The summed E-state index contributed by atoms with van der Waals surface area (Å²) in [4.78, 5) is 4.25. The summed E-state index contributed by atoms with van der Waals surface area (Å²) < 4.78 is 16.9. The lowest BCUT2D eigenvalue weighted by Crippen LogP contribution is -2.02. The van der Waals surface area contributed by atoms with Gasteiger partial charge in [-0.25, -0.2) is 9.37 Å². The first-order chi connectivity index (χ1) is 9.10. The van der Waals surface area contributed by atoms with Crippen molar-refractivity contribution >= 4 is 17.0 Å². The first-order valence-electron chi connectivity index (χ1n) is 6.06. The van der Waals surface area contributed by atoms with E-state index >= 15 is 0 Å². The minimum atomic E-state index is -0.310. The molecule has 3 aromatic rings. The Hall–Kier alpha value is -2.37. The van der Waals surface area contributed by atoms with E-state index in [0.717, 1.165) is 17.8 Å². The highest BCUT2D eigenvalue weighted by atomic mass is 19.1. The van der Waals surface area contributed by atoms with Gasteiger partial charge in [0, 0.05) is 19.3 Å². The van der Waals surface area contributed by atoms with Crippen molar-refractivity contribution in [2.24, 2.45) is 7.05 Å². The molecule has 0 bridgehead atoms. The van der Waals surface area contributed by atoms with E-state index in [0.29, 0.717) is 17.0 Å². The normalized spacial score (nSPS) is 11.3. The van der Waals surface area contributed by atoms with E-state index in [-0.39, 0.29) is 5.82 Å². The van der Waals surface area contributed by atoms with Crippen molar-refractivity contribution in [3.05, 3.63) is 35.9 Å². The molecule has 0 saturated carbocycles. The minimum Gasteiger partial charge on any atom is -0.369 e. The Bertz CT molecular complexity index is 756. The van der Waals surface area contributed by atoms with Gasteiger partial charge >= 0.3 is 0 Å². The highest BCUT2D eigenvalue weighted by molar-refractivity contribution is 5.81. The van der Waals surface area contributed by atoms with Gasteiger partial charge in [0.25, 0.3) is 0 Å². The zero-order valence-electron chi connectivity index (χ0n) is 10.8. The largest absolute Gasteiger partial charge is 0.369 e. The summed E-state index contributed by atoms with van der Waals surface area (Å²) in [7, 11) is 1.85. The number of anilines is 1. The van der Waals surface area contributed by atoms with Crippen LogP contribution in [0.15, 0.2) is 24.4 Å². The lowest BCUT2D eigenvalue weighted by Gasteiger charge is -2.05. The van der Waals surface area contributed by atoms with Gasteiger partial charge in [0.15, 0.2) is 0 Å². The molecule has 98 valence electrons. The molecule has 0 aliphatic rings. The maximum atomic E-state index is 13.4. The van der Waals surface area contributed by atoms with E-state index in [1.54, 1.807) is 15.3 Å². The molecule has 6 heteroatoms. The topological polar surface area (TPSA) is 61.7 Å². The highest BCUT2D eigenvalue weighted by Crippen LogP contribution is 2.25. The number of halogens is 1. The van der Waals surface area contributed by atoms with Crippen molar-refractivity contribution in [2.45, 2.75) is 13.3 Å². The molecule has 0 saturated heterocycles. The summed E-state index contributed by atoms with van der Waals surface area (Å²) in [6, 6.07) is 4.44. The molecule has 0 radical (unpaired) electrons. The van der Waals surface area contributed by atoms with Crippen molar-refractivity contribution in [3.63, 3.8) is 0 Å². The number of benzene rings is 1. The molecule has 3 rings (SSSR count). The number of fused-ring (bicyclic) bond motifs is 1. The summed E-state index contributed by atoms with van der Waals surface area (Å²) in [5.41, 5.74) is 9.03. The Morgan fingerprint density at radius 1 is 1.37 bits per heavy atom. The summed E-state index contributed by atoms with van der Waals surface area (Å²) in [6.45, 7) is 2.02. The van der Waals surface area contributed by atoms with Crippen LogP contribution in [0.2, 0.25) is 0 Å². The van der Waals surface area contributed by atoms with Crippen molar-refractivity contribution in [1.82, 2.24) is 19.3 Å². The molecule has 0 aliphatic heterocycles. The lowest BCUT2D eigenvalue weighted by atomic mass is 10.2. The zero-order valence-corrected chi connectivity index (χ0v) is 10.8. The van der Waals surface area contributed by atoms with Crippen LogP contribution >= 0.6 is 0 Å². The Morgan fingerprint density at radius 3 is 2.89 bits per heavy atom. The van der Waals surface area contributed by atoms with Crippen LogP contribution in [-0.2, 0) is 13.5 Å². The second kappa shape index (κ2) is 4.08. The summed E-state index contributed by atoms with van der Waals surface area (Å²) in [5.74, 6) is 0.0267. The fourth-order valence-corrected chi connectivity index (χ4v) is 2.28. The van der Waals surface area contributed by atoms with E-state index in [1.807, 2.05) is 20.2 Å².